The first-order chi connectivity index (χ1) is 16.0. The fourth-order valence-corrected chi connectivity index (χ4v) is 4.75. The zero-order valence-corrected chi connectivity index (χ0v) is 19.6. The van der Waals surface area contributed by atoms with Gasteiger partial charge in [0.25, 0.3) is 5.91 Å². The van der Waals surface area contributed by atoms with E-state index in [0.29, 0.717) is 23.7 Å². The summed E-state index contributed by atoms with van der Waals surface area (Å²) in [6, 6.07) is 19.6. The molecule has 0 radical (unpaired) electrons. The van der Waals surface area contributed by atoms with Gasteiger partial charge in [0.05, 0.1) is 17.9 Å². The second-order valence-corrected chi connectivity index (χ2v) is 8.84. The molecule has 33 heavy (non-hydrogen) atoms. The van der Waals surface area contributed by atoms with Crippen LogP contribution in [0.4, 0.5) is 0 Å². The van der Waals surface area contributed by atoms with Crippen LogP contribution in [-0.4, -0.2) is 29.1 Å². The molecule has 1 amide bonds. The van der Waals surface area contributed by atoms with Crippen LogP contribution < -0.4 is 5.32 Å². The average molecular weight is 445 g/mol. The van der Waals surface area contributed by atoms with E-state index in [4.69, 9.17) is 4.74 Å². The minimum absolute atomic E-state index is 0.0488. The second kappa shape index (κ2) is 10.1. The standard InChI is InChI=1S/C28H32N2O3/c1-4-33-28(32)24-18-26(21-12-6-5-7-13-21)30(20(24)3)23-15-10-14-22(17-23)27(31)29-25-16-9-8-11-19(25)2/h5-7,10,12-15,17-19,25H,4,8-9,11,16H2,1-3H3,(H,29,31)/t19-,25-/m0/s1. The molecule has 3 aromatic rings. The summed E-state index contributed by atoms with van der Waals surface area (Å²) >= 11 is 0. The van der Waals surface area contributed by atoms with E-state index < -0.39 is 0 Å². The maximum Gasteiger partial charge on any atom is 0.339 e. The van der Waals surface area contributed by atoms with E-state index in [9.17, 15) is 9.59 Å². The number of nitrogens with zero attached hydrogens (tertiary/aromatic N) is 1. The first-order valence-corrected chi connectivity index (χ1v) is 11.9. The first-order valence-electron chi connectivity index (χ1n) is 11.9. The van der Waals surface area contributed by atoms with E-state index in [0.717, 1.165) is 41.9 Å². The Morgan fingerprint density at radius 1 is 1.03 bits per heavy atom. The van der Waals surface area contributed by atoms with Gasteiger partial charge in [0, 0.05) is 23.0 Å². The molecular weight excluding hydrogens is 412 g/mol. The first kappa shape index (κ1) is 22.8. The zero-order chi connectivity index (χ0) is 23.4. The lowest BCUT2D eigenvalue weighted by Crippen LogP contribution is -2.41. The van der Waals surface area contributed by atoms with Crippen LogP contribution in [0.25, 0.3) is 16.9 Å². The summed E-state index contributed by atoms with van der Waals surface area (Å²) in [6.45, 7) is 6.25. The molecule has 1 saturated carbocycles. The number of carbonyl (C=O) groups excluding carboxylic acids is 2. The highest BCUT2D eigenvalue weighted by Gasteiger charge is 2.24. The lowest BCUT2D eigenvalue weighted by atomic mass is 9.86. The van der Waals surface area contributed by atoms with Crippen molar-refractivity contribution in [3.8, 4) is 16.9 Å². The van der Waals surface area contributed by atoms with Crippen molar-refractivity contribution in [2.24, 2.45) is 5.92 Å². The topological polar surface area (TPSA) is 60.3 Å². The Morgan fingerprint density at radius 2 is 1.79 bits per heavy atom. The maximum atomic E-state index is 13.1. The minimum Gasteiger partial charge on any atom is -0.462 e. The van der Waals surface area contributed by atoms with Crippen molar-refractivity contribution in [3.05, 3.63) is 77.5 Å². The zero-order valence-electron chi connectivity index (χ0n) is 19.6. The Kier molecular flexibility index (Phi) is 6.97. The fourth-order valence-electron chi connectivity index (χ4n) is 4.75. The summed E-state index contributed by atoms with van der Waals surface area (Å²) in [5.74, 6) is 0.104. The van der Waals surface area contributed by atoms with Crippen molar-refractivity contribution in [2.45, 2.75) is 52.5 Å². The Balaban J connectivity index is 1.72. The Hall–Kier alpha value is -3.34. The number of aromatic nitrogens is 1. The van der Waals surface area contributed by atoms with Crippen molar-refractivity contribution in [1.82, 2.24) is 9.88 Å². The summed E-state index contributed by atoms with van der Waals surface area (Å²) in [7, 11) is 0. The molecule has 2 aromatic carbocycles. The van der Waals surface area contributed by atoms with Gasteiger partial charge >= 0.3 is 5.97 Å². The van der Waals surface area contributed by atoms with Crippen LogP contribution in [0.1, 0.15) is 65.9 Å². The smallest absolute Gasteiger partial charge is 0.339 e. The van der Waals surface area contributed by atoms with Crippen molar-refractivity contribution in [2.75, 3.05) is 6.61 Å². The number of rotatable bonds is 6. The second-order valence-electron chi connectivity index (χ2n) is 8.84. The molecule has 4 rings (SSSR count). The van der Waals surface area contributed by atoms with E-state index in [2.05, 4.69) is 12.2 Å². The monoisotopic (exact) mass is 444 g/mol. The molecule has 1 heterocycles. The van der Waals surface area contributed by atoms with E-state index in [-0.39, 0.29) is 17.9 Å². The van der Waals surface area contributed by atoms with Crippen LogP contribution in [0.15, 0.2) is 60.7 Å². The van der Waals surface area contributed by atoms with Crippen LogP contribution >= 0.6 is 0 Å². The van der Waals surface area contributed by atoms with E-state index >= 15 is 0 Å². The van der Waals surface area contributed by atoms with Gasteiger partial charge in [-0.3, -0.25) is 4.79 Å². The molecule has 172 valence electrons. The predicted molar refractivity (Wildman–Crippen MR) is 131 cm³/mol. The third-order valence-electron chi connectivity index (χ3n) is 6.61. The third-order valence-corrected chi connectivity index (χ3v) is 6.61. The van der Waals surface area contributed by atoms with Gasteiger partial charge in [-0.2, -0.15) is 0 Å². The normalized spacial score (nSPS) is 18.0. The summed E-state index contributed by atoms with van der Waals surface area (Å²) in [5, 5.41) is 3.24. The molecule has 0 saturated heterocycles. The number of amides is 1. The molecule has 0 unspecified atom stereocenters. The lowest BCUT2D eigenvalue weighted by Gasteiger charge is -2.29. The summed E-state index contributed by atoms with van der Waals surface area (Å²) in [5.41, 5.74) is 4.64. The molecule has 5 nitrogen and oxygen atoms in total. The molecule has 1 fully saturated rings. The molecule has 2 atom stereocenters. The van der Waals surface area contributed by atoms with Crippen molar-refractivity contribution in [1.29, 1.82) is 0 Å². The van der Waals surface area contributed by atoms with Crippen LogP contribution in [0.3, 0.4) is 0 Å². The van der Waals surface area contributed by atoms with Crippen molar-refractivity contribution >= 4 is 11.9 Å². The van der Waals surface area contributed by atoms with Crippen LogP contribution in [-0.2, 0) is 4.74 Å². The molecule has 0 bridgehead atoms. The highest BCUT2D eigenvalue weighted by Crippen LogP contribution is 2.30. The van der Waals surface area contributed by atoms with Crippen LogP contribution in [0.2, 0.25) is 0 Å². The van der Waals surface area contributed by atoms with Crippen molar-refractivity contribution in [3.63, 3.8) is 0 Å². The molecule has 1 N–H and O–H groups in total. The Labute approximate surface area is 195 Å². The van der Waals surface area contributed by atoms with Gasteiger partial charge in [0.1, 0.15) is 0 Å². The largest absolute Gasteiger partial charge is 0.462 e. The number of hydrogen-bond donors (Lipinski definition) is 1. The lowest BCUT2D eigenvalue weighted by molar-refractivity contribution is 0.0525. The molecular formula is C28H32N2O3. The minimum atomic E-state index is -0.342. The number of nitrogens with one attached hydrogen (secondary N) is 1. The van der Waals surface area contributed by atoms with Gasteiger partial charge in [-0.05, 0) is 62.4 Å². The van der Waals surface area contributed by atoms with E-state index in [1.807, 2.05) is 72.2 Å². The quantitative estimate of drug-likeness (QED) is 0.479. The third kappa shape index (κ3) is 4.87. The molecule has 5 heteroatoms. The van der Waals surface area contributed by atoms with Gasteiger partial charge < -0.3 is 14.6 Å². The summed E-state index contributed by atoms with van der Waals surface area (Å²) in [4.78, 5) is 25.7. The summed E-state index contributed by atoms with van der Waals surface area (Å²) in [6.07, 6.45) is 4.59. The summed E-state index contributed by atoms with van der Waals surface area (Å²) < 4.78 is 7.32. The van der Waals surface area contributed by atoms with Gasteiger partial charge in [0.2, 0.25) is 0 Å². The van der Waals surface area contributed by atoms with Gasteiger partial charge in [-0.15, -0.1) is 0 Å². The number of benzene rings is 2. The predicted octanol–water partition coefficient (Wildman–Crippen LogP) is 5.94. The average Bonchev–Trinajstić information content (AvgIpc) is 3.18. The number of esters is 1. The highest BCUT2D eigenvalue weighted by molar-refractivity contribution is 5.95. The molecule has 0 aliphatic heterocycles. The number of hydrogen-bond acceptors (Lipinski definition) is 3. The highest BCUT2D eigenvalue weighted by atomic mass is 16.5. The van der Waals surface area contributed by atoms with Gasteiger partial charge in [-0.25, -0.2) is 4.79 Å². The van der Waals surface area contributed by atoms with Gasteiger partial charge in [0.15, 0.2) is 0 Å². The molecule has 1 aliphatic carbocycles. The Bertz CT molecular complexity index is 1130. The molecule has 0 spiro atoms. The van der Waals surface area contributed by atoms with E-state index in [1.54, 1.807) is 6.92 Å². The molecule has 1 aliphatic rings. The fraction of sp³-hybridized carbons (Fsp3) is 0.357. The van der Waals surface area contributed by atoms with E-state index in [1.165, 1.54) is 6.42 Å². The van der Waals surface area contributed by atoms with Crippen LogP contribution in [0, 0.1) is 12.8 Å². The number of ether oxygens (including phenoxy) is 1. The molecule has 1 aromatic heterocycles. The van der Waals surface area contributed by atoms with Gasteiger partial charge in [-0.1, -0.05) is 56.2 Å². The number of carbonyl (C=O) groups is 2. The maximum absolute atomic E-state index is 13.1. The SMILES string of the molecule is CCOC(=O)c1cc(-c2ccccc2)n(-c2cccc(C(=O)N[C@H]3CCCC[C@@H]3C)c2)c1C. The Morgan fingerprint density at radius 3 is 2.52 bits per heavy atom. The van der Waals surface area contributed by atoms with Crippen molar-refractivity contribution < 1.29 is 14.3 Å². The van der Waals surface area contributed by atoms with Crippen LogP contribution in [0.5, 0.6) is 0 Å².